The summed E-state index contributed by atoms with van der Waals surface area (Å²) in [5.74, 6) is 0. The molecule has 0 amide bonds. The number of fused-ring (bicyclic) bond motifs is 3. The van der Waals surface area contributed by atoms with Crippen LogP contribution in [-0.2, 0) is 0 Å². The minimum atomic E-state index is 1.07. The van der Waals surface area contributed by atoms with Gasteiger partial charge in [-0.1, -0.05) is 212 Å². The molecule has 0 spiro atoms. The third kappa shape index (κ3) is 6.74. The van der Waals surface area contributed by atoms with Crippen LogP contribution in [0.5, 0.6) is 0 Å². The molecule has 2 nitrogen and oxygen atoms in total. The minimum Gasteiger partial charge on any atom is -0.309 e. The van der Waals surface area contributed by atoms with Gasteiger partial charge >= 0.3 is 0 Å². The van der Waals surface area contributed by atoms with E-state index in [-0.39, 0.29) is 0 Å². The van der Waals surface area contributed by atoms with Gasteiger partial charge in [0.2, 0.25) is 0 Å². The average molecular weight is 791 g/mol. The zero-order valence-electron chi connectivity index (χ0n) is 34.1. The van der Waals surface area contributed by atoms with E-state index in [1.165, 1.54) is 49.7 Å². The molecule has 62 heavy (non-hydrogen) atoms. The lowest BCUT2D eigenvalue weighted by atomic mass is 9.94. The normalized spacial score (nSPS) is 11.2. The van der Waals surface area contributed by atoms with E-state index in [4.69, 9.17) is 0 Å². The first-order chi connectivity index (χ1) is 30.8. The zero-order chi connectivity index (χ0) is 41.2. The molecule has 0 fully saturated rings. The third-order valence-electron chi connectivity index (χ3n) is 12.0. The van der Waals surface area contributed by atoms with Crippen LogP contribution in [0.3, 0.4) is 0 Å². The molecular weight excluding hydrogens is 749 g/mol. The Bertz CT molecular complexity index is 3240. The number of rotatable bonds is 9. The summed E-state index contributed by atoms with van der Waals surface area (Å²) in [4.78, 5) is 2.47. The van der Waals surface area contributed by atoms with Gasteiger partial charge in [0.15, 0.2) is 0 Å². The van der Waals surface area contributed by atoms with Crippen molar-refractivity contribution in [3.8, 4) is 61.3 Å². The Morgan fingerprint density at radius 3 is 1.29 bits per heavy atom. The van der Waals surface area contributed by atoms with Crippen LogP contribution in [0.2, 0.25) is 0 Å². The van der Waals surface area contributed by atoms with Crippen molar-refractivity contribution in [2.24, 2.45) is 0 Å². The molecule has 10 aromatic carbocycles. The summed E-state index contributed by atoms with van der Waals surface area (Å²) < 4.78 is 2.45. The fourth-order valence-electron chi connectivity index (χ4n) is 9.10. The molecule has 0 saturated carbocycles. The van der Waals surface area contributed by atoms with Crippen LogP contribution >= 0.6 is 0 Å². The van der Waals surface area contributed by atoms with E-state index in [1.54, 1.807) is 0 Å². The maximum absolute atomic E-state index is 2.47. The summed E-state index contributed by atoms with van der Waals surface area (Å²) in [5, 5.41) is 2.42. The lowest BCUT2D eigenvalue weighted by Crippen LogP contribution is -2.13. The predicted molar refractivity (Wildman–Crippen MR) is 263 cm³/mol. The molecule has 0 N–H and O–H groups in total. The fourth-order valence-corrected chi connectivity index (χ4v) is 9.10. The third-order valence-corrected chi connectivity index (χ3v) is 12.0. The van der Waals surface area contributed by atoms with Gasteiger partial charge in [0.25, 0.3) is 0 Å². The predicted octanol–water partition coefficient (Wildman–Crippen LogP) is 16.6. The maximum Gasteiger partial charge on any atom is 0.0618 e. The Hall–Kier alpha value is -8.20. The Balaban J connectivity index is 1.18. The number of para-hydroxylation sites is 2. The molecule has 0 radical (unpaired) electrons. The number of hydrogen-bond acceptors (Lipinski definition) is 1. The van der Waals surface area contributed by atoms with E-state index in [1.807, 2.05) is 0 Å². The molecule has 2 heteroatoms. The standard InChI is InChI=1S/C60H42N2/c1-6-19-43(20-7-1)44-33-35-49(36-34-44)61(60-53(46-23-10-3-11-24-46)30-18-31-54(60)47-25-12-4-13-26-47)51-38-40-56-55-29-16-17-32-58(55)62(59(56)42-51)50-37-39-52(45-21-8-2-9-22-45)57(41-50)48-27-14-5-15-28-48/h1-42H. The summed E-state index contributed by atoms with van der Waals surface area (Å²) in [7, 11) is 0. The SMILES string of the molecule is c1ccc(-c2ccc(N(c3ccc4c5ccccc5n(-c5ccc(-c6ccccc6)c(-c6ccccc6)c5)c4c3)c3c(-c4ccccc4)cccc3-c3ccccc3)cc2)cc1. The van der Waals surface area contributed by atoms with Crippen molar-refractivity contribution in [3.05, 3.63) is 255 Å². The van der Waals surface area contributed by atoms with Gasteiger partial charge in [-0.05, 0) is 87.0 Å². The molecule has 0 aliphatic heterocycles. The molecule has 0 aliphatic carbocycles. The first kappa shape index (κ1) is 36.8. The Labute approximate surface area is 362 Å². The van der Waals surface area contributed by atoms with E-state index in [0.29, 0.717) is 0 Å². The Morgan fingerprint density at radius 2 is 0.710 bits per heavy atom. The van der Waals surface area contributed by atoms with Gasteiger partial charge in [0, 0.05) is 39.0 Å². The summed E-state index contributed by atoms with van der Waals surface area (Å²) >= 11 is 0. The molecule has 0 aliphatic rings. The minimum absolute atomic E-state index is 1.07. The summed E-state index contributed by atoms with van der Waals surface area (Å²) in [5.41, 5.74) is 18.5. The second kappa shape index (κ2) is 16.1. The lowest BCUT2D eigenvalue weighted by Gasteiger charge is -2.31. The number of benzene rings is 10. The van der Waals surface area contributed by atoms with Crippen molar-refractivity contribution in [2.75, 3.05) is 4.90 Å². The average Bonchev–Trinajstić information content (AvgIpc) is 3.69. The van der Waals surface area contributed by atoms with Crippen molar-refractivity contribution in [1.82, 2.24) is 4.57 Å². The topological polar surface area (TPSA) is 8.17 Å². The molecule has 292 valence electrons. The van der Waals surface area contributed by atoms with Gasteiger partial charge in [-0.3, -0.25) is 0 Å². The van der Waals surface area contributed by atoms with Crippen LogP contribution in [0.15, 0.2) is 255 Å². The van der Waals surface area contributed by atoms with Gasteiger partial charge in [-0.25, -0.2) is 0 Å². The summed E-state index contributed by atoms with van der Waals surface area (Å²) in [6, 6.07) is 92.2. The van der Waals surface area contributed by atoms with E-state index in [2.05, 4.69) is 264 Å². The van der Waals surface area contributed by atoms with Gasteiger partial charge in [-0.15, -0.1) is 0 Å². The first-order valence-electron chi connectivity index (χ1n) is 21.3. The molecule has 0 unspecified atom stereocenters. The number of hydrogen-bond donors (Lipinski definition) is 0. The smallest absolute Gasteiger partial charge is 0.0618 e. The van der Waals surface area contributed by atoms with Gasteiger partial charge in [0.1, 0.15) is 0 Å². The molecule has 11 aromatic rings. The van der Waals surface area contributed by atoms with Crippen LogP contribution < -0.4 is 4.90 Å². The second-order valence-electron chi connectivity index (χ2n) is 15.7. The van der Waals surface area contributed by atoms with Crippen LogP contribution in [0.4, 0.5) is 17.1 Å². The zero-order valence-corrected chi connectivity index (χ0v) is 34.1. The molecular formula is C60H42N2. The van der Waals surface area contributed by atoms with Gasteiger partial charge < -0.3 is 9.47 Å². The number of nitrogens with zero attached hydrogens (tertiary/aromatic N) is 2. The van der Waals surface area contributed by atoms with Gasteiger partial charge in [0.05, 0.1) is 16.7 Å². The Morgan fingerprint density at radius 1 is 0.258 bits per heavy atom. The highest BCUT2D eigenvalue weighted by Crippen LogP contribution is 2.48. The van der Waals surface area contributed by atoms with E-state index in [0.717, 1.165) is 50.5 Å². The van der Waals surface area contributed by atoms with Crippen molar-refractivity contribution in [3.63, 3.8) is 0 Å². The van der Waals surface area contributed by atoms with E-state index >= 15 is 0 Å². The van der Waals surface area contributed by atoms with Crippen molar-refractivity contribution in [1.29, 1.82) is 0 Å². The van der Waals surface area contributed by atoms with E-state index < -0.39 is 0 Å². The van der Waals surface area contributed by atoms with Gasteiger partial charge in [-0.2, -0.15) is 0 Å². The molecule has 0 bridgehead atoms. The number of anilines is 3. The van der Waals surface area contributed by atoms with E-state index in [9.17, 15) is 0 Å². The maximum atomic E-state index is 2.47. The molecule has 1 heterocycles. The van der Waals surface area contributed by atoms with Crippen molar-refractivity contribution >= 4 is 38.9 Å². The highest BCUT2D eigenvalue weighted by molar-refractivity contribution is 6.11. The Kier molecular flexibility index (Phi) is 9.57. The molecule has 1 aromatic heterocycles. The summed E-state index contributed by atoms with van der Waals surface area (Å²) in [6.07, 6.45) is 0. The lowest BCUT2D eigenvalue weighted by molar-refractivity contribution is 1.18. The quantitative estimate of drug-likeness (QED) is 0.141. The highest BCUT2D eigenvalue weighted by Gasteiger charge is 2.24. The van der Waals surface area contributed by atoms with Crippen LogP contribution in [0.1, 0.15) is 0 Å². The number of aromatic nitrogens is 1. The van der Waals surface area contributed by atoms with Crippen molar-refractivity contribution < 1.29 is 0 Å². The molecule has 0 saturated heterocycles. The van der Waals surface area contributed by atoms with Crippen LogP contribution in [0.25, 0.3) is 83.1 Å². The van der Waals surface area contributed by atoms with Crippen molar-refractivity contribution in [2.45, 2.75) is 0 Å². The molecule has 11 rings (SSSR count). The first-order valence-corrected chi connectivity index (χ1v) is 21.3. The summed E-state index contributed by atoms with van der Waals surface area (Å²) in [6.45, 7) is 0. The second-order valence-corrected chi connectivity index (χ2v) is 15.7. The van der Waals surface area contributed by atoms with Crippen LogP contribution in [0, 0.1) is 0 Å². The highest BCUT2D eigenvalue weighted by atomic mass is 15.1. The molecule has 0 atom stereocenters. The van der Waals surface area contributed by atoms with Crippen LogP contribution in [-0.4, -0.2) is 4.57 Å². The largest absolute Gasteiger partial charge is 0.309 e. The monoisotopic (exact) mass is 790 g/mol. The fraction of sp³-hybridized carbons (Fsp3) is 0.